The third-order valence-electron chi connectivity index (χ3n) is 4.53. The number of fused-ring (bicyclic) bond motifs is 3. The molecule has 0 radical (unpaired) electrons. The first-order chi connectivity index (χ1) is 13.8. The molecule has 10 heteroatoms. The monoisotopic (exact) mass is 420 g/mol. The molecule has 0 aliphatic heterocycles. The van der Waals surface area contributed by atoms with Gasteiger partial charge in [0.2, 0.25) is 10.0 Å². The van der Waals surface area contributed by atoms with Crippen LogP contribution in [0.1, 0.15) is 6.92 Å². The Balaban J connectivity index is 2.04. The molecule has 0 unspecified atom stereocenters. The molecule has 3 aromatic rings. The lowest BCUT2D eigenvalue weighted by molar-refractivity contribution is 0.201. The maximum absolute atomic E-state index is 13.0. The van der Waals surface area contributed by atoms with Crippen LogP contribution in [-0.4, -0.2) is 55.7 Å². The fourth-order valence-electron chi connectivity index (χ4n) is 3.20. The molecule has 2 aromatic carbocycles. The molecular formula is C19H24N4O5S. The van der Waals surface area contributed by atoms with Crippen LogP contribution in [0.2, 0.25) is 0 Å². The van der Waals surface area contributed by atoms with E-state index in [0.717, 1.165) is 0 Å². The van der Waals surface area contributed by atoms with Crippen molar-refractivity contribution in [1.82, 2.24) is 20.3 Å². The zero-order valence-corrected chi connectivity index (χ0v) is 16.7. The van der Waals surface area contributed by atoms with Gasteiger partial charge in [-0.3, -0.25) is 15.4 Å². The van der Waals surface area contributed by atoms with Crippen LogP contribution >= 0.6 is 0 Å². The van der Waals surface area contributed by atoms with E-state index in [-0.39, 0.29) is 36.8 Å². The fourth-order valence-corrected chi connectivity index (χ4v) is 4.52. The number of aliphatic hydroxyl groups is 2. The molecule has 0 aliphatic rings. The quantitative estimate of drug-likeness (QED) is 0.208. The van der Waals surface area contributed by atoms with E-state index in [0.29, 0.717) is 21.7 Å². The second-order valence-electron chi connectivity index (χ2n) is 6.74. The Morgan fingerprint density at radius 2 is 1.59 bits per heavy atom. The van der Waals surface area contributed by atoms with Gasteiger partial charge in [0.05, 0.1) is 18.1 Å². The predicted molar refractivity (Wildman–Crippen MR) is 111 cm³/mol. The number of aromatic nitrogens is 1. The lowest BCUT2D eigenvalue weighted by Gasteiger charge is -2.32. The normalized spacial score (nSPS) is 12.7. The number of benzene rings is 2. The highest BCUT2D eigenvalue weighted by molar-refractivity contribution is 7.89. The van der Waals surface area contributed by atoms with Crippen molar-refractivity contribution in [2.75, 3.05) is 26.3 Å². The zero-order valence-electron chi connectivity index (χ0n) is 15.9. The van der Waals surface area contributed by atoms with Gasteiger partial charge in [-0.15, -0.1) is 0 Å². The molecular weight excluding hydrogens is 396 g/mol. The molecule has 0 amide bonds. The summed E-state index contributed by atoms with van der Waals surface area (Å²) in [4.78, 5) is 15.0. The van der Waals surface area contributed by atoms with E-state index in [1.54, 1.807) is 37.3 Å². The average Bonchev–Trinajstić information content (AvgIpc) is 2.70. The van der Waals surface area contributed by atoms with Gasteiger partial charge < -0.3 is 15.2 Å². The Labute approximate surface area is 167 Å². The number of aromatic amines is 1. The smallest absolute Gasteiger partial charge is 0.256 e. The first-order valence-electron chi connectivity index (χ1n) is 9.10. The number of hydrogen-bond acceptors (Lipinski definition) is 7. The van der Waals surface area contributed by atoms with E-state index in [9.17, 15) is 13.2 Å². The first kappa shape index (κ1) is 21.4. The summed E-state index contributed by atoms with van der Waals surface area (Å²) in [5, 5.41) is 25.6. The zero-order chi connectivity index (χ0) is 21.1. The third-order valence-corrected chi connectivity index (χ3v) is 6.08. The second kappa shape index (κ2) is 8.57. The summed E-state index contributed by atoms with van der Waals surface area (Å²) in [6, 6.07) is 11.5. The summed E-state index contributed by atoms with van der Waals surface area (Å²) in [6.45, 7) is 1.47. The van der Waals surface area contributed by atoms with E-state index in [4.69, 9.17) is 10.2 Å². The number of nitrogens with one attached hydrogen (secondary N) is 4. The van der Waals surface area contributed by atoms with Crippen LogP contribution in [0.5, 0.6) is 0 Å². The fraction of sp³-hybridized carbons (Fsp3) is 0.316. The van der Waals surface area contributed by atoms with Crippen molar-refractivity contribution in [3.05, 3.63) is 52.8 Å². The Morgan fingerprint density at radius 1 is 0.966 bits per heavy atom. The average molecular weight is 420 g/mol. The summed E-state index contributed by atoms with van der Waals surface area (Å²) >= 11 is 0. The Morgan fingerprint density at radius 3 is 2.21 bits per heavy atom. The molecule has 1 aromatic heterocycles. The van der Waals surface area contributed by atoms with E-state index < -0.39 is 15.8 Å². The van der Waals surface area contributed by atoms with E-state index in [2.05, 4.69) is 20.3 Å². The van der Waals surface area contributed by atoms with Crippen molar-refractivity contribution in [2.24, 2.45) is 0 Å². The maximum Gasteiger partial charge on any atom is 0.256 e. The highest BCUT2D eigenvalue weighted by Crippen LogP contribution is 2.24. The van der Waals surface area contributed by atoms with Crippen molar-refractivity contribution in [1.29, 1.82) is 0 Å². The number of aliphatic hydroxyl groups excluding tert-OH is 2. The predicted octanol–water partition coefficient (Wildman–Crippen LogP) is -0.203. The molecule has 0 saturated carbocycles. The van der Waals surface area contributed by atoms with Gasteiger partial charge in [0.1, 0.15) is 5.79 Å². The largest absolute Gasteiger partial charge is 0.395 e. The summed E-state index contributed by atoms with van der Waals surface area (Å²) in [5.74, 6) is -1.29. The third kappa shape index (κ3) is 4.64. The van der Waals surface area contributed by atoms with E-state index in [1.165, 1.54) is 12.1 Å². The number of H-pyrrole nitrogens is 1. The molecule has 156 valence electrons. The second-order valence-corrected chi connectivity index (χ2v) is 8.42. The van der Waals surface area contributed by atoms with Crippen molar-refractivity contribution in [3.63, 3.8) is 0 Å². The first-order valence-corrected chi connectivity index (χ1v) is 10.6. The van der Waals surface area contributed by atoms with Crippen LogP contribution in [0.3, 0.4) is 0 Å². The Kier molecular flexibility index (Phi) is 6.32. The molecule has 0 fully saturated rings. The van der Waals surface area contributed by atoms with Gasteiger partial charge in [0, 0.05) is 29.4 Å². The van der Waals surface area contributed by atoms with Crippen LogP contribution < -0.4 is 20.9 Å². The minimum Gasteiger partial charge on any atom is -0.395 e. The molecule has 0 aliphatic carbocycles. The van der Waals surface area contributed by atoms with Crippen molar-refractivity contribution >= 4 is 31.7 Å². The summed E-state index contributed by atoms with van der Waals surface area (Å²) in [5.41, 5.74) is 0.294. The van der Waals surface area contributed by atoms with Crippen molar-refractivity contribution in [3.8, 4) is 0 Å². The standard InChI is InChI=1S/C19H24N4O5S/c1-19(20-8-10-24,21-9-11-25)23-29(27,28)13-6-7-17-16(12-13)14-4-2-3-5-15(14)18(26)22-17/h2-7,12,20-21,23-25H,8-11H2,1H3,(H,22,26). The lowest BCUT2D eigenvalue weighted by Crippen LogP contribution is -2.66. The SMILES string of the molecule is CC(NCCO)(NCCO)NS(=O)(=O)c1ccc2[nH]c(=O)c3ccccc3c2c1. The van der Waals surface area contributed by atoms with E-state index in [1.807, 2.05) is 0 Å². The van der Waals surface area contributed by atoms with Crippen LogP contribution in [-0.2, 0) is 10.0 Å². The maximum atomic E-state index is 13.0. The Bertz CT molecular complexity index is 1170. The van der Waals surface area contributed by atoms with Gasteiger partial charge in [0.15, 0.2) is 0 Å². The minimum absolute atomic E-state index is 0.0185. The molecule has 6 N–H and O–H groups in total. The topological polar surface area (TPSA) is 144 Å². The summed E-state index contributed by atoms with van der Waals surface area (Å²) in [6.07, 6.45) is 0. The molecule has 1 heterocycles. The van der Waals surface area contributed by atoms with Crippen molar-refractivity contribution < 1.29 is 18.6 Å². The number of pyridine rings is 1. The lowest BCUT2D eigenvalue weighted by atomic mass is 10.1. The molecule has 0 bridgehead atoms. The minimum atomic E-state index is -3.98. The summed E-state index contributed by atoms with van der Waals surface area (Å²) in [7, 11) is -3.98. The highest BCUT2D eigenvalue weighted by atomic mass is 32.2. The van der Waals surface area contributed by atoms with Crippen LogP contribution in [0.15, 0.2) is 52.2 Å². The van der Waals surface area contributed by atoms with Gasteiger partial charge in [-0.1, -0.05) is 18.2 Å². The van der Waals surface area contributed by atoms with Crippen LogP contribution in [0.4, 0.5) is 0 Å². The van der Waals surface area contributed by atoms with Crippen LogP contribution in [0.25, 0.3) is 21.7 Å². The number of hydrogen-bond donors (Lipinski definition) is 6. The van der Waals surface area contributed by atoms with Gasteiger partial charge in [-0.25, -0.2) is 8.42 Å². The van der Waals surface area contributed by atoms with Crippen LogP contribution in [0, 0.1) is 0 Å². The molecule has 0 atom stereocenters. The highest BCUT2D eigenvalue weighted by Gasteiger charge is 2.29. The van der Waals surface area contributed by atoms with Gasteiger partial charge >= 0.3 is 0 Å². The van der Waals surface area contributed by atoms with Crippen molar-refractivity contribution in [2.45, 2.75) is 17.6 Å². The van der Waals surface area contributed by atoms with Gasteiger partial charge in [-0.05, 0) is 36.6 Å². The van der Waals surface area contributed by atoms with Gasteiger partial charge in [0.25, 0.3) is 5.56 Å². The Hall–Kier alpha value is -2.34. The van der Waals surface area contributed by atoms with Gasteiger partial charge in [-0.2, -0.15) is 4.72 Å². The number of rotatable bonds is 9. The molecule has 3 rings (SSSR count). The molecule has 0 saturated heterocycles. The molecule has 9 nitrogen and oxygen atoms in total. The van der Waals surface area contributed by atoms with E-state index >= 15 is 0 Å². The molecule has 29 heavy (non-hydrogen) atoms. The number of sulfonamides is 1. The molecule has 0 spiro atoms. The summed E-state index contributed by atoms with van der Waals surface area (Å²) < 4.78 is 28.6.